The second kappa shape index (κ2) is 5.60. The van der Waals surface area contributed by atoms with Gasteiger partial charge in [-0.2, -0.15) is 0 Å². The highest BCUT2D eigenvalue weighted by Crippen LogP contribution is 2.42. The van der Waals surface area contributed by atoms with Gasteiger partial charge in [-0.15, -0.1) is 0 Å². The predicted octanol–water partition coefficient (Wildman–Crippen LogP) is 2.18. The van der Waals surface area contributed by atoms with Crippen molar-refractivity contribution in [2.45, 2.75) is 18.8 Å². The SMILES string of the molecule is COc1cc(C2CC2)ccc1/C(N)=C1\C=CNC=C1C(=N)N. The Hall–Kier alpha value is -2.69. The van der Waals surface area contributed by atoms with Crippen LogP contribution >= 0.6 is 0 Å². The lowest BCUT2D eigenvalue weighted by Gasteiger charge is -2.17. The molecule has 1 heterocycles. The number of hydrogen-bond acceptors (Lipinski definition) is 4. The molecule has 0 radical (unpaired) electrons. The summed E-state index contributed by atoms with van der Waals surface area (Å²) in [6, 6.07) is 6.15. The van der Waals surface area contributed by atoms with Crippen molar-refractivity contribution < 1.29 is 4.74 Å². The molecule has 0 spiro atoms. The van der Waals surface area contributed by atoms with E-state index >= 15 is 0 Å². The van der Waals surface area contributed by atoms with Gasteiger partial charge < -0.3 is 21.5 Å². The number of ether oxygens (including phenoxy) is 1. The van der Waals surface area contributed by atoms with Gasteiger partial charge in [-0.3, -0.25) is 5.41 Å². The number of rotatable bonds is 4. The third-order valence-corrected chi connectivity index (χ3v) is 4.01. The fourth-order valence-corrected chi connectivity index (χ4v) is 2.63. The van der Waals surface area contributed by atoms with E-state index < -0.39 is 0 Å². The van der Waals surface area contributed by atoms with Crippen molar-refractivity contribution >= 4 is 11.5 Å². The molecule has 1 aromatic carbocycles. The molecule has 3 rings (SSSR count). The maximum absolute atomic E-state index is 7.69. The topological polar surface area (TPSA) is 97.1 Å². The number of nitrogens with one attached hydrogen (secondary N) is 2. The number of hydrogen-bond donors (Lipinski definition) is 4. The molecule has 1 aliphatic heterocycles. The summed E-state index contributed by atoms with van der Waals surface area (Å²) in [5.41, 5.74) is 15.9. The van der Waals surface area contributed by atoms with E-state index in [4.69, 9.17) is 21.6 Å². The molecule has 1 saturated carbocycles. The first-order chi connectivity index (χ1) is 10.6. The summed E-state index contributed by atoms with van der Waals surface area (Å²) in [5.74, 6) is 1.39. The highest BCUT2D eigenvalue weighted by Gasteiger charge is 2.25. The number of benzene rings is 1. The van der Waals surface area contributed by atoms with Crippen molar-refractivity contribution in [1.82, 2.24) is 5.32 Å². The first-order valence-corrected chi connectivity index (χ1v) is 7.27. The molecule has 114 valence electrons. The highest BCUT2D eigenvalue weighted by molar-refractivity contribution is 6.02. The average Bonchev–Trinajstić information content (AvgIpc) is 3.38. The van der Waals surface area contributed by atoms with E-state index in [1.807, 2.05) is 12.1 Å². The minimum Gasteiger partial charge on any atom is -0.496 e. The van der Waals surface area contributed by atoms with Crippen molar-refractivity contribution in [3.05, 3.63) is 58.9 Å². The van der Waals surface area contributed by atoms with Gasteiger partial charge in [0.25, 0.3) is 0 Å². The molecule has 1 aromatic rings. The van der Waals surface area contributed by atoms with Gasteiger partial charge in [0, 0.05) is 29.1 Å². The summed E-state index contributed by atoms with van der Waals surface area (Å²) < 4.78 is 5.51. The van der Waals surface area contributed by atoms with Gasteiger partial charge >= 0.3 is 0 Å². The molecule has 0 amide bonds. The van der Waals surface area contributed by atoms with Crippen LogP contribution in [0.25, 0.3) is 5.70 Å². The standard InChI is InChI=1S/C17H20N4O/c1-22-15-8-11(10-2-3-10)4-5-13(15)16(18)12-6-7-21-9-14(12)17(19)20/h4-10,21H,2-3,18H2,1H3,(H3,19,20)/b16-12-. The van der Waals surface area contributed by atoms with Crippen LogP contribution in [0.3, 0.4) is 0 Å². The molecular weight excluding hydrogens is 276 g/mol. The first-order valence-electron chi connectivity index (χ1n) is 7.27. The molecule has 2 aliphatic rings. The van der Waals surface area contributed by atoms with Crippen LogP contribution in [0.1, 0.15) is 29.9 Å². The van der Waals surface area contributed by atoms with Crippen LogP contribution in [0.5, 0.6) is 5.75 Å². The largest absolute Gasteiger partial charge is 0.496 e. The van der Waals surface area contributed by atoms with Crippen LogP contribution in [0.4, 0.5) is 0 Å². The van der Waals surface area contributed by atoms with Gasteiger partial charge in [0.2, 0.25) is 0 Å². The van der Waals surface area contributed by atoms with Crippen molar-refractivity contribution in [2.75, 3.05) is 7.11 Å². The predicted molar refractivity (Wildman–Crippen MR) is 88.3 cm³/mol. The number of amidine groups is 1. The Morgan fingerprint density at radius 2 is 2.09 bits per heavy atom. The second-order valence-electron chi connectivity index (χ2n) is 5.53. The molecule has 6 N–H and O–H groups in total. The van der Waals surface area contributed by atoms with Gasteiger partial charge in [0.15, 0.2) is 0 Å². The van der Waals surface area contributed by atoms with E-state index in [1.165, 1.54) is 18.4 Å². The Morgan fingerprint density at radius 3 is 2.73 bits per heavy atom. The highest BCUT2D eigenvalue weighted by atomic mass is 16.5. The lowest BCUT2D eigenvalue weighted by atomic mass is 9.96. The number of methoxy groups -OCH3 is 1. The van der Waals surface area contributed by atoms with Crippen LogP contribution < -0.4 is 21.5 Å². The molecule has 0 bridgehead atoms. The minimum atomic E-state index is -0.0247. The molecule has 0 saturated heterocycles. The monoisotopic (exact) mass is 296 g/mol. The fraction of sp³-hybridized carbons (Fsp3) is 0.235. The molecule has 22 heavy (non-hydrogen) atoms. The van der Waals surface area contributed by atoms with Gasteiger partial charge in [-0.1, -0.05) is 6.07 Å². The Labute approximate surface area is 129 Å². The van der Waals surface area contributed by atoms with Gasteiger partial charge in [0.05, 0.1) is 12.8 Å². The Morgan fingerprint density at radius 1 is 1.32 bits per heavy atom. The third kappa shape index (κ3) is 2.57. The van der Waals surface area contributed by atoms with E-state index in [0.29, 0.717) is 17.2 Å². The van der Waals surface area contributed by atoms with Crippen LogP contribution in [-0.2, 0) is 0 Å². The molecule has 0 unspecified atom stereocenters. The molecule has 5 nitrogen and oxygen atoms in total. The summed E-state index contributed by atoms with van der Waals surface area (Å²) in [4.78, 5) is 0. The lowest BCUT2D eigenvalue weighted by molar-refractivity contribution is 0.413. The quantitative estimate of drug-likeness (QED) is 0.505. The lowest BCUT2D eigenvalue weighted by Crippen LogP contribution is -2.20. The Balaban J connectivity index is 2.07. The smallest absolute Gasteiger partial charge is 0.128 e. The van der Waals surface area contributed by atoms with Crippen LogP contribution in [0.15, 0.2) is 47.8 Å². The summed E-state index contributed by atoms with van der Waals surface area (Å²) in [6.45, 7) is 0. The Kier molecular flexibility index (Phi) is 3.63. The van der Waals surface area contributed by atoms with Crippen molar-refractivity contribution in [3.8, 4) is 5.75 Å². The van der Waals surface area contributed by atoms with E-state index in [1.54, 1.807) is 19.5 Å². The summed E-state index contributed by atoms with van der Waals surface area (Å²) in [7, 11) is 1.65. The Bertz CT molecular complexity index is 711. The maximum atomic E-state index is 7.69. The zero-order chi connectivity index (χ0) is 15.7. The van der Waals surface area contributed by atoms with Crippen LogP contribution in [0.2, 0.25) is 0 Å². The summed E-state index contributed by atoms with van der Waals surface area (Å²) in [5, 5.41) is 10.6. The van der Waals surface area contributed by atoms with E-state index in [2.05, 4.69) is 17.4 Å². The number of allylic oxidation sites excluding steroid dienone is 1. The zero-order valence-electron chi connectivity index (χ0n) is 12.5. The number of nitrogens with two attached hydrogens (primary N) is 2. The van der Waals surface area contributed by atoms with Crippen LogP contribution in [0, 0.1) is 5.41 Å². The first kappa shape index (κ1) is 14.3. The second-order valence-corrected chi connectivity index (χ2v) is 5.53. The minimum absolute atomic E-state index is 0.0247. The van der Waals surface area contributed by atoms with Crippen LogP contribution in [-0.4, -0.2) is 12.9 Å². The fourth-order valence-electron chi connectivity index (χ4n) is 2.63. The van der Waals surface area contributed by atoms with Crippen molar-refractivity contribution in [1.29, 1.82) is 5.41 Å². The molecule has 1 aliphatic carbocycles. The summed E-state index contributed by atoms with van der Waals surface area (Å²) >= 11 is 0. The van der Waals surface area contributed by atoms with Crippen molar-refractivity contribution in [3.63, 3.8) is 0 Å². The number of dihydropyridines is 1. The van der Waals surface area contributed by atoms with Gasteiger partial charge in [-0.05, 0) is 42.5 Å². The van der Waals surface area contributed by atoms with Gasteiger partial charge in [-0.25, -0.2) is 0 Å². The molecule has 1 fully saturated rings. The molecule has 5 heteroatoms. The molecular formula is C17H20N4O. The van der Waals surface area contributed by atoms with Gasteiger partial charge in [0.1, 0.15) is 11.6 Å². The third-order valence-electron chi connectivity index (χ3n) is 4.01. The normalized spacial score (nSPS) is 19.2. The molecule has 0 atom stereocenters. The van der Waals surface area contributed by atoms with E-state index in [9.17, 15) is 0 Å². The van der Waals surface area contributed by atoms with E-state index in [0.717, 1.165) is 16.9 Å². The molecule has 0 aromatic heterocycles. The van der Waals surface area contributed by atoms with E-state index in [-0.39, 0.29) is 5.84 Å². The average molecular weight is 296 g/mol. The maximum Gasteiger partial charge on any atom is 0.128 e. The van der Waals surface area contributed by atoms with Crippen molar-refractivity contribution in [2.24, 2.45) is 11.5 Å². The zero-order valence-corrected chi connectivity index (χ0v) is 12.5. The summed E-state index contributed by atoms with van der Waals surface area (Å²) in [6.07, 6.45) is 7.74.